The van der Waals surface area contributed by atoms with Crippen molar-refractivity contribution in [3.8, 4) is 22.9 Å². The Morgan fingerprint density at radius 1 is 0.960 bits per heavy atom. The van der Waals surface area contributed by atoms with Gasteiger partial charge in [0.25, 0.3) is 0 Å². The van der Waals surface area contributed by atoms with E-state index < -0.39 is 0 Å². The van der Waals surface area contributed by atoms with Gasteiger partial charge in [0.1, 0.15) is 23.6 Å². The summed E-state index contributed by atoms with van der Waals surface area (Å²) in [5, 5.41) is 9.00. The van der Waals surface area contributed by atoms with Gasteiger partial charge in [-0.15, -0.1) is 10.2 Å². The molecule has 25 heavy (non-hydrogen) atoms. The highest BCUT2D eigenvalue weighted by atomic mass is 32.2. The number of aromatic nitrogens is 3. The standard InChI is InChI=1S/C18H19N3O3S/c1-22-15-6-8-16(9-7-15)24-10-11-25-18-20-19-13-21(18)14-4-3-5-17(12-14)23-2/h3-9,12-13H,10-11H2,1-2H3. The first kappa shape index (κ1) is 17.2. The molecule has 0 aliphatic heterocycles. The van der Waals surface area contributed by atoms with Crippen LogP contribution in [-0.4, -0.2) is 41.3 Å². The Morgan fingerprint density at radius 2 is 1.72 bits per heavy atom. The number of benzene rings is 2. The minimum atomic E-state index is 0.571. The SMILES string of the molecule is COc1ccc(OCCSc2nncn2-c2cccc(OC)c2)cc1. The van der Waals surface area contributed by atoms with Crippen LogP contribution in [0.4, 0.5) is 0 Å². The molecule has 1 aromatic heterocycles. The number of methoxy groups -OCH3 is 2. The monoisotopic (exact) mass is 357 g/mol. The summed E-state index contributed by atoms with van der Waals surface area (Å²) in [7, 11) is 3.29. The van der Waals surface area contributed by atoms with E-state index in [-0.39, 0.29) is 0 Å². The van der Waals surface area contributed by atoms with Gasteiger partial charge in [0, 0.05) is 11.8 Å². The highest BCUT2D eigenvalue weighted by Crippen LogP contribution is 2.23. The van der Waals surface area contributed by atoms with Crippen molar-refractivity contribution in [3.63, 3.8) is 0 Å². The second-order valence-corrected chi connectivity index (χ2v) is 6.12. The zero-order chi connectivity index (χ0) is 17.5. The Morgan fingerprint density at radius 3 is 2.48 bits per heavy atom. The lowest BCUT2D eigenvalue weighted by atomic mass is 10.3. The first-order valence-electron chi connectivity index (χ1n) is 7.74. The summed E-state index contributed by atoms with van der Waals surface area (Å²) in [5.41, 5.74) is 0.961. The summed E-state index contributed by atoms with van der Waals surface area (Å²) in [6, 6.07) is 15.3. The number of rotatable bonds is 8. The van der Waals surface area contributed by atoms with Gasteiger partial charge < -0.3 is 14.2 Å². The van der Waals surface area contributed by atoms with Crippen molar-refractivity contribution in [2.24, 2.45) is 0 Å². The van der Waals surface area contributed by atoms with E-state index in [0.29, 0.717) is 6.61 Å². The Bertz CT molecular complexity index is 805. The molecule has 0 saturated heterocycles. The molecule has 0 spiro atoms. The summed E-state index contributed by atoms with van der Waals surface area (Å²) in [5.74, 6) is 3.18. The third kappa shape index (κ3) is 4.45. The van der Waals surface area contributed by atoms with Gasteiger partial charge in [0.05, 0.1) is 26.5 Å². The molecular formula is C18H19N3O3S. The summed E-state index contributed by atoms with van der Waals surface area (Å²) in [6.45, 7) is 0.571. The largest absolute Gasteiger partial charge is 0.497 e. The predicted molar refractivity (Wildman–Crippen MR) is 97.1 cm³/mol. The van der Waals surface area contributed by atoms with Gasteiger partial charge in [-0.05, 0) is 36.4 Å². The van der Waals surface area contributed by atoms with E-state index in [1.54, 1.807) is 32.3 Å². The number of ether oxygens (including phenoxy) is 3. The molecule has 0 amide bonds. The third-order valence-electron chi connectivity index (χ3n) is 3.49. The second kappa shape index (κ2) is 8.43. The first-order valence-corrected chi connectivity index (χ1v) is 8.73. The van der Waals surface area contributed by atoms with Crippen LogP contribution in [0.1, 0.15) is 0 Å². The van der Waals surface area contributed by atoms with E-state index in [4.69, 9.17) is 14.2 Å². The molecule has 3 rings (SSSR count). The Hall–Kier alpha value is -2.67. The van der Waals surface area contributed by atoms with Gasteiger partial charge in [-0.2, -0.15) is 0 Å². The van der Waals surface area contributed by atoms with Crippen LogP contribution in [-0.2, 0) is 0 Å². The van der Waals surface area contributed by atoms with Crippen LogP contribution >= 0.6 is 11.8 Å². The van der Waals surface area contributed by atoms with Crippen molar-refractivity contribution in [2.75, 3.05) is 26.6 Å². The zero-order valence-electron chi connectivity index (χ0n) is 14.1. The maximum absolute atomic E-state index is 5.73. The minimum absolute atomic E-state index is 0.571. The molecule has 6 nitrogen and oxygen atoms in total. The third-order valence-corrected chi connectivity index (χ3v) is 4.40. The number of hydrogen-bond acceptors (Lipinski definition) is 6. The van der Waals surface area contributed by atoms with Gasteiger partial charge in [-0.3, -0.25) is 4.57 Å². The summed E-state index contributed by atoms with van der Waals surface area (Å²) in [6.07, 6.45) is 1.70. The lowest BCUT2D eigenvalue weighted by Crippen LogP contribution is -2.02. The number of hydrogen-bond donors (Lipinski definition) is 0. The van der Waals surface area contributed by atoms with Crippen LogP contribution in [0.5, 0.6) is 17.2 Å². The average molecular weight is 357 g/mol. The van der Waals surface area contributed by atoms with E-state index in [1.807, 2.05) is 53.1 Å². The smallest absolute Gasteiger partial charge is 0.195 e. The van der Waals surface area contributed by atoms with Gasteiger partial charge in [0.15, 0.2) is 5.16 Å². The van der Waals surface area contributed by atoms with Crippen LogP contribution in [0.25, 0.3) is 5.69 Å². The molecule has 0 N–H and O–H groups in total. The normalized spacial score (nSPS) is 10.5. The van der Waals surface area contributed by atoms with E-state index in [2.05, 4.69) is 10.2 Å². The molecule has 7 heteroatoms. The molecule has 130 valence electrons. The van der Waals surface area contributed by atoms with Crippen molar-refractivity contribution < 1.29 is 14.2 Å². The maximum atomic E-state index is 5.73. The highest BCUT2D eigenvalue weighted by molar-refractivity contribution is 7.99. The van der Waals surface area contributed by atoms with E-state index in [1.165, 1.54) is 0 Å². The summed E-state index contributed by atoms with van der Waals surface area (Å²) in [4.78, 5) is 0. The predicted octanol–water partition coefficient (Wildman–Crippen LogP) is 3.46. The fourth-order valence-electron chi connectivity index (χ4n) is 2.22. The van der Waals surface area contributed by atoms with Gasteiger partial charge in [-0.25, -0.2) is 0 Å². The Labute approximate surface area is 150 Å². The van der Waals surface area contributed by atoms with Gasteiger partial charge in [-0.1, -0.05) is 17.8 Å². The molecule has 2 aromatic carbocycles. The van der Waals surface area contributed by atoms with Crippen LogP contribution in [0.3, 0.4) is 0 Å². The van der Waals surface area contributed by atoms with Crippen molar-refractivity contribution in [3.05, 3.63) is 54.9 Å². The second-order valence-electron chi connectivity index (χ2n) is 5.06. The zero-order valence-corrected chi connectivity index (χ0v) is 14.9. The number of nitrogens with zero attached hydrogens (tertiary/aromatic N) is 3. The molecule has 0 aliphatic rings. The minimum Gasteiger partial charge on any atom is -0.497 e. The van der Waals surface area contributed by atoms with Crippen molar-refractivity contribution >= 4 is 11.8 Å². The molecule has 3 aromatic rings. The van der Waals surface area contributed by atoms with E-state index >= 15 is 0 Å². The van der Waals surface area contributed by atoms with Crippen molar-refractivity contribution in [1.29, 1.82) is 0 Å². The van der Waals surface area contributed by atoms with E-state index in [0.717, 1.165) is 33.8 Å². The molecule has 0 bridgehead atoms. The Kier molecular flexibility index (Phi) is 5.79. The van der Waals surface area contributed by atoms with Crippen molar-refractivity contribution in [2.45, 2.75) is 5.16 Å². The fourth-order valence-corrected chi connectivity index (χ4v) is 2.97. The average Bonchev–Trinajstić information content (AvgIpc) is 3.14. The quantitative estimate of drug-likeness (QED) is 0.455. The number of thioether (sulfide) groups is 1. The lowest BCUT2D eigenvalue weighted by Gasteiger charge is -2.09. The molecule has 0 aliphatic carbocycles. The van der Waals surface area contributed by atoms with Gasteiger partial charge in [0.2, 0.25) is 0 Å². The van der Waals surface area contributed by atoms with Crippen LogP contribution in [0.2, 0.25) is 0 Å². The van der Waals surface area contributed by atoms with Crippen LogP contribution in [0, 0.1) is 0 Å². The Balaban J connectivity index is 1.56. The van der Waals surface area contributed by atoms with Crippen LogP contribution in [0.15, 0.2) is 60.0 Å². The molecule has 0 atom stereocenters. The molecule has 0 radical (unpaired) electrons. The maximum Gasteiger partial charge on any atom is 0.195 e. The van der Waals surface area contributed by atoms with Gasteiger partial charge >= 0.3 is 0 Å². The lowest BCUT2D eigenvalue weighted by molar-refractivity contribution is 0.342. The first-order chi connectivity index (χ1) is 12.3. The molecule has 0 unspecified atom stereocenters. The molecule has 1 heterocycles. The van der Waals surface area contributed by atoms with Crippen molar-refractivity contribution in [1.82, 2.24) is 14.8 Å². The molecule has 0 fully saturated rings. The fraction of sp³-hybridized carbons (Fsp3) is 0.222. The van der Waals surface area contributed by atoms with E-state index in [9.17, 15) is 0 Å². The summed E-state index contributed by atoms with van der Waals surface area (Å²) >= 11 is 1.59. The summed E-state index contributed by atoms with van der Waals surface area (Å²) < 4.78 is 18.1. The molecule has 0 saturated carbocycles. The van der Waals surface area contributed by atoms with Crippen LogP contribution < -0.4 is 14.2 Å². The highest BCUT2D eigenvalue weighted by Gasteiger charge is 2.08. The topological polar surface area (TPSA) is 58.4 Å². The molecular weight excluding hydrogens is 338 g/mol.